The van der Waals surface area contributed by atoms with E-state index in [4.69, 9.17) is 5.73 Å². The van der Waals surface area contributed by atoms with Crippen LogP contribution in [-0.4, -0.2) is 14.6 Å². The van der Waals surface area contributed by atoms with E-state index in [1.54, 1.807) is 10.7 Å². The van der Waals surface area contributed by atoms with Gasteiger partial charge in [-0.3, -0.25) is 0 Å². The molecule has 3 aromatic rings. The minimum atomic E-state index is -0.0237. The second-order valence-electron chi connectivity index (χ2n) is 4.56. The molecule has 0 saturated carbocycles. The van der Waals surface area contributed by atoms with E-state index >= 15 is 0 Å². The highest BCUT2D eigenvalue weighted by Crippen LogP contribution is 2.27. The van der Waals surface area contributed by atoms with Crippen molar-refractivity contribution in [1.82, 2.24) is 14.6 Å². The molecule has 0 aliphatic heterocycles. The number of rotatable bonds is 3. The Bertz CT molecular complexity index is 688. The van der Waals surface area contributed by atoms with E-state index < -0.39 is 0 Å². The summed E-state index contributed by atoms with van der Waals surface area (Å²) in [6.07, 6.45) is 4.47. The van der Waals surface area contributed by atoms with Gasteiger partial charge in [-0.25, -0.2) is 9.50 Å². The van der Waals surface area contributed by atoms with Crippen LogP contribution in [-0.2, 0) is 0 Å². The summed E-state index contributed by atoms with van der Waals surface area (Å²) >= 11 is 0. The van der Waals surface area contributed by atoms with Crippen LogP contribution in [0.3, 0.4) is 0 Å². The van der Waals surface area contributed by atoms with Gasteiger partial charge in [-0.1, -0.05) is 37.3 Å². The second kappa shape index (κ2) is 4.82. The molecule has 0 saturated heterocycles. The van der Waals surface area contributed by atoms with Crippen molar-refractivity contribution in [3.05, 3.63) is 54.4 Å². The van der Waals surface area contributed by atoms with Gasteiger partial charge in [0.15, 0.2) is 5.65 Å². The number of hydrogen-bond donors (Lipinski definition) is 1. The van der Waals surface area contributed by atoms with Crippen LogP contribution in [0.25, 0.3) is 16.9 Å². The third-order valence-electron chi connectivity index (χ3n) is 3.30. The molecule has 0 aliphatic rings. The van der Waals surface area contributed by atoms with Gasteiger partial charge in [0, 0.05) is 29.6 Å². The molecule has 96 valence electrons. The van der Waals surface area contributed by atoms with Crippen molar-refractivity contribution < 1.29 is 0 Å². The van der Waals surface area contributed by atoms with E-state index in [9.17, 15) is 0 Å². The van der Waals surface area contributed by atoms with Gasteiger partial charge in [-0.15, -0.1) is 0 Å². The zero-order valence-electron chi connectivity index (χ0n) is 10.8. The van der Waals surface area contributed by atoms with E-state index in [0.717, 1.165) is 28.9 Å². The zero-order chi connectivity index (χ0) is 13.2. The minimum absolute atomic E-state index is 0.0237. The summed E-state index contributed by atoms with van der Waals surface area (Å²) < 4.78 is 1.79. The molecule has 0 amide bonds. The second-order valence-corrected chi connectivity index (χ2v) is 4.56. The molecule has 2 aromatic heterocycles. The van der Waals surface area contributed by atoms with E-state index in [1.807, 2.05) is 30.5 Å². The predicted molar refractivity (Wildman–Crippen MR) is 75.6 cm³/mol. The molecule has 19 heavy (non-hydrogen) atoms. The van der Waals surface area contributed by atoms with Gasteiger partial charge in [0.2, 0.25) is 0 Å². The molecule has 1 aromatic carbocycles. The van der Waals surface area contributed by atoms with Crippen molar-refractivity contribution in [1.29, 1.82) is 0 Å². The van der Waals surface area contributed by atoms with Crippen LogP contribution in [0.1, 0.15) is 24.9 Å². The smallest absolute Gasteiger partial charge is 0.153 e. The Hall–Kier alpha value is -2.20. The summed E-state index contributed by atoms with van der Waals surface area (Å²) in [5.74, 6) is 0. The maximum absolute atomic E-state index is 6.22. The Morgan fingerprint density at radius 3 is 2.79 bits per heavy atom. The minimum Gasteiger partial charge on any atom is -0.324 e. The largest absolute Gasteiger partial charge is 0.324 e. The molecule has 2 N–H and O–H groups in total. The summed E-state index contributed by atoms with van der Waals surface area (Å²) in [4.78, 5) is 4.28. The van der Waals surface area contributed by atoms with Crippen molar-refractivity contribution in [2.45, 2.75) is 19.4 Å². The molecule has 1 atom stereocenters. The number of nitrogens with zero attached hydrogens (tertiary/aromatic N) is 3. The first kappa shape index (κ1) is 11.9. The standard InChI is InChI=1S/C15H16N4/c1-2-13(16)12-10-14-17-8-9-19(14)18-15(12)11-6-4-3-5-7-11/h3-10,13H,2,16H2,1H3/t13-/m0/s1. The molecule has 0 radical (unpaired) electrons. The molecule has 2 heterocycles. The number of imidazole rings is 1. The Labute approximate surface area is 111 Å². The monoisotopic (exact) mass is 252 g/mol. The quantitative estimate of drug-likeness (QED) is 0.779. The molecule has 0 aliphatic carbocycles. The molecule has 4 heteroatoms. The molecular formula is C15H16N4. The summed E-state index contributed by atoms with van der Waals surface area (Å²) in [5.41, 5.74) is 10.1. The average molecular weight is 252 g/mol. The number of benzene rings is 1. The van der Waals surface area contributed by atoms with Gasteiger partial charge < -0.3 is 5.73 Å². The van der Waals surface area contributed by atoms with Crippen LogP contribution >= 0.6 is 0 Å². The summed E-state index contributed by atoms with van der Waals surface area (Å²) in [7, 11) is 0. The van der Waals surface area contributed by atoms with Gasteiger partial charge in [0.25, 0.3) is 0 Å². The number of fused-ring (bicyclic) bond motifs is 1. The third-order valence-corrected chi connectivity index (χ3v) is 3.30. The SMILES string of the molecule is CC[C@H](N)c1cc2nccn2nc1-c1ccccc1. The van der Waals surface area contributed by atoms with Gasteiger partial charge >= 0.3 is 0 Å². The van der Waals surface area contributed by atoms with Crippen LogP contribution in [0.2, 0.25) is 0 Å². The number of nitrogens with two attached hydrogens (primary N) is 1. The molecule has 4 nitrogen and oxygen atoms in total. The summed E-state index contributed by atoms with van der Waals surface area (Å²) in [5, 5.41) is 4.65. The van der Waals surface area contributed by atoms with Crippen LogP contribution < -0.4 is 5.73 Å². The lowest BCUT2D eigenvalue weighted by Crippen LogP contribution is -2.12. The van der Waals surface area contributed by atoms with E-state index in [-0.39, 0.29) is 6.04 Å². The Kier molecular flexibility index (Phi) is 3.01. The molecule has 0 fully saturated rings. The topological polar surface area (TPSA) is 56.2 Å². The fraction of sp³-hybridized carbons (Fsp3) is 0.200. The first-order valence-electron chi connectivity index (χ1n) is 6.45. The van der Waals surface area contributed by atoms with E-state index in [0.29, 0.717) is 0 Å². The maximum atomic E-state index is 6.22. The predicted octanol–water partition coefficient (Wildman–Crippen LogP) is 2.81. The molecule has 3 rings (SSSR count). The lowest BCUT2D eigenvalue weighted by Gasteiger charge is -2.14. The highest BCUT2D eigenvalue weighted by atomic mass is 15.2. The summed E-state index contributed by atoms with van der Waals surface area (Å²) in [6.45, 7) is 2.08. The normalized spacial score (nSPS) is 12.7. The van der Waals surface area contributed by atoms with Crippen molar-refractivity contribution in [3.8, 4) is 11.3 Å². The maximum Gasteiger partial charge on any atom is 0.153 e. The fourth-order valence-corrected chi connectivity index (χ4v) is 2.19. The first-order chi connectivity index (χ1) is 9.29. The van der Waals surface area contributed by atoms with Crippen molar-refractivity contribution in [3.63, 3.8) is 0 Å². The van der Waals surface area contributed by atoms with Gasteiger partial charge in [-0.2, -0.15) is 5.10 Å². The van der Waals surface area contributed by atoms with Crippen molar-refractivity contribution in [2.24, 2.45) is 5.73 Å². The first-order valence-corrected chi connectivity index (χ1v) is 6.45. The Morgan fingerprint density at radius 1 is 1.26 bits per heavy atom. The number of aromatic nitrogens is 3. The van der Waals surface area contributed by atoms with Crippen LogP contribution in [0.4, 0.5) is 0 Å². The zero-order valence-corrected chi connectivity index (χ0v) is 10.8. The third kappa shape index (κ3) is 2.11. The van der Waals surface area contributed by atoms with Crippen LogP contribution in [0, 0.1) is 0 Å². The van der Waals surface area contributed by atoms with Crippen LogP contribution in [0.15, 0.2) is 48.8 Å². The van der Waals surface area contributed by atoms with E-state index in [2.05, 4.69) is 29.1 Å². The lowest BCUT2D eigenvalue weighted by molar-refractivity contribution is 0.692. The molecule has 0 unspecified atom stereocenters. The molecular weight excluding hydrogens is 236 g/mol. The van der Waals surface area contributed by atoms with Gasteiger partial charge in [0.05, 0.1) is 5.69 Å². The Morgan fingerprint density at radius 2 is 2.05 bits per heavy atom. The van der Waals surface area contributed by atoms with Gasteiger partial charge in [-0.05, 0) is 12.5 Å². The van der Waals surface area contributed by atoms with E-state index in [1.165, 1.54) is 0 Å². The lowest BCUT2D eigenvalue weighted by atomic mass is 9.99. The fourth-order valence-electron chi connectivity index (χ4n) is 2.19. The van der Waals surface area contributed by atoms with Crippen molar-refractivity contribution in [2.75, 3.05) is 0 Å². The van der Waals surface area contributed by atoms with Gasteiger partial charge in [0.1, 0.15) is 0 Å². The Balaban J connectivity index is 2.25. The highest BCUT2D eigenvalue weighted by molar-refractivity contribution is 5.65. The average Bonchev–Trinajstić information content (AvgIpc) is 2.93. The highest BCUT2D eigenvalue weighted by Gasteiger charge is 2.14. The molecule has 0 spiro atoms. The number of hydrogen-bond acceptors (Lipinski definition) is 3. The molecule has 0 bridgehead atoms. The summed E-state index contributed by atoms with van der Waals surface area (Å²) in [6, 6.07) is 12.1. The van der Waals surface area contributed by atoms with Crippen LogP contribution in [0.5, 0.6) is 0 Å². The van der Waals surface area contributed by atoms with Crippen molar-refractivity contribution >= 4 is 5.65 Å².